The smallest absolute Gasteiger partial charge is 0.266 e. The Balaban J connectivity index is 1.47. The van der Waals surface area contributed by atoms with E-state index in [1.807, 2.05) is 25.1 Å². The minimum Gasteiger partial charge on any atom is -0.457 e. The highest BCUT2D eigenvalue weighted by molar-refractivity contribution is 7.89. The third kappa shape index (κ3) is 5.69. The Labute approximate surface area is 204 Å². The summed E-state index contributed by atoms with van der Waals surface area (Å²) in [5.74, 6) is 0.282. The van der Waals surface area contributed by atoms with E-state index in [9.17, 15) is 18.5 Å². The zero-order valence-corrected chi connectivity index (χ0v) is 20.0. The van der Waals surface area contributed by atoms with Crippen molar-refractivity contribution in [1.82, 2.24) is 4.31 Å². The minimum absolute atomic E-state index is 0.0996. The summed E-state index contributed by atoms with van der Waals surface area (Å²) in [6.45, 7) is 3.47. The van der Waals surface area contributed by atoms with E-state index in [-0.39, 0.29) is 10.5 Å². The number of nitrogens with zero attached hydrogens (tertiary/aromatic N) is 2. The molecule has 9 heteroatoms. The number of furan rings is 1. The first kappa shape index (κ1) is 24.4. The van der Waals surface area contributed by atoms with Crippen molar-refractivity contribution in [3.63, 3.8) is 0 Å². The largest absolute Gasteiger partial charge is 0.457 e. The zero-order valence-electron chi connectivity index (χ0n) is 19.2. The van der Waals surface area contributed by atoms with Gasteiger partial charge in [-0.15, -0.1) is 0 Å². The van der Waals surface area contributed by atoms with Crippen LogP contribution in [0.2, 0.25) is 0 Å². The number of anilines is 1. The summed E-state index contributed by atoms with van der Waals surface area (Å²) in [5.41, 5.74) is 2.32. The molecule has 0 atom stereocenters. The summed E-state index contributed by atoms with van der Waals surface area (Å²) < 4.78 is 38.0. The average molecular weight is 492 g/mol. The molecule has 1 amide bonds. The second-order valence-electron chi connectivity index (χ2n) is 7.92. The molecule has 35 heavy (non-hydrogen) atoms. The van der Waals surface area contributed by atoms with Crippen molar-refractivity contribution in [1.29, 1.82) is 5.26 Å². The van der Waals surface area contributed by atoms with Crippen molar-refractivity contribution >= 4 is 27.7 Å². The standard InChI is InChI=1S/C26H25N3O5S/c1-2-19-3-7-22(8-4-19)28-26(30)21(18-27)17-23-9-12-25(34-23)20-5-10-24(11-6-20)35(31,32)29-13-15-33-16-14-29/h3-12,17H,2,13-16H2,1H3,(H,28,30)/b21-17+. The van der Waals surface area contributed by atoms with Crippen molar-refractivity contribution < 1.29 is 22.4 Å². The number of hydrogen-bond acceptors (Lipinski definition) is 6. The van der Waals surface area contributed by atoms with E-state index < -0.39 is 15.9 Å². The number of nitriles is 1. The molecule has 1 saturated heterocycles. The number of carbonyl (C=O) groups excluding carboxylic acids is 1. The lowest BCUT2D eigenvalue weighted by Gasteiger charge is -2.26. The van der Waals surface area contributed by atoms with Crippen LogP contribution >= 0.6 is 0 Å². The molecular weight excluding hydrogens is 466 g/mol. The summed E-state index contributed by atoms with van der Waals surface area (Å²) in [6.07, 6.45) is 2.27. The van der Waals surface area contributed by atoms with E-state index in [1.54, 1.807) is 36.4 Å². The number of sulfonamides is 1. The molecular formula is C26H25N3O5S. The summed E-state index contributed by atoms with van der Waals surface area (Å²) in [4.78, 5) is 12.7. The van der Waals surface area contributed by atoms with E-state index in [4.69, 9.17) is 9.15 Å². The maximum Gasteiger partial charge on any atom is 0.266 e. The molecule has 2 aromatic carbocycles. The van der Waals surface area contributed by atoms with Gasteiger partial charge in [0.05, 0.1) is 18.1 Å². The molecule has 0 aliphatic carbocycles. The lowest BCUT2D eigenvalue weighted by molar-refractivity contribution is -0.112. The quantitative estimate of drug-likeness (QED) is 0.394. The van der Waals surface area contributed by atoms with Gasteiger partial charge in [0.15, 0.2) is 0 Å². The molecule has 4 rings (SSSR count). The molecule has 1 aromatic heterocycles. The van der Waals surface area contributed by atoms with Gasteiger partial charge in [-0.25, -0.2) is 8.42 Å². The van der Waals surface area contributed by atoms with Crippen molar-refractivity contribution in [2.45, 2.75) is 18.2 Å². The fraction of sp³-hybridized carbons (Fsp3) is 0.231. The summed E-state index contributed by atoms with van der Waals surface area (Å²) in [7, 11) is -3.58. The third-order valence-electron chi connectivity index (χ3n) is 5.65. The Bertz CT molecular complexity index is 1360. The van der Waals surface area contributed by atoms with Crippen LogP contribution in [0.3, 0.4) is 0 Å². The van der Waals surface area contributed by atoms with E-state index in [1.165, 1.54) is 22.5 Å². The molecule has 1 aliphatic rings. The van der Waals surface area contributed by atoms with Crippen molar-refractivity contribution in [3.05, 3.63) is 77.6 Å². The van der Waals surface area contributed by atoms with Gasteiger partial charge in [0.25, 0.3) is 5.91 Å². The van der Waals surface area contributed by atoms with Crippen LogP contribution in [0.5, 0.6) is 0 Å². The number of carbonyl (C=O) groups is 1. The molecule has 2 heterocycles. The summed E-state index contributed by atoms with van der Waals surface area (Å²) >= 11 is 0. The Morgan fingerprint density at radius 3 is 2.37 bits per heavy atom. The van der Waals surface area contributed by atoms with Gasteiger partial charge >= 0.3 is 0 Å². The Morgan fingerprint density at radius 2 is 1.74 bits per heavy atom. The molecule has 1 N–H and O–H groups in total. The van der Waals surface area contributed by atoms with Gasteiger partial charge in [0.1, 0.15) is 23.2 Å². The third-order valence-corrected chi connectivity index (χ3v) is 7.56. The lowest BCUT2D eigenvalue weighted by Crippen LogP contribution is -2.40. The molecule has 1 aliphatic heterocycles. The van der Waals surface area contributed by atoms with Gasteiger partial charge in [-0.2, -0.15) is 9.57 Å². The zero-order chi connectivity index (χ0) is 24.8. The fourth-order valence-corrected chi connectivity index (χ4v) is 5.03. The van der Waals surface area contributed by atoms with Crippen LogP contribution < -0.4 is 5.32 Å². The van der Waals surface area contributed by atoms with Crippen LogP contribution in [-0.2, 0) is 26.0 Å². The maximum absolute atomic E-state index is 12.8. The SMILES string of the molecule is CCc1ccc(NC(=O)/C(C#N)=C/c2ccc(-c3ccc(S(=O)(=O)N4CCOCC4)cc3)o2)cc1. The number of benzene rings is 2. The first-order valence-corrected chi connectivity index (χ1v) is 12.6. The molecule has 3 aromatic rings. The summed E-state index contributed by atoms with van der Waals surface area (Å²) in [6, 6.07) is 19.1. The Hall–Kier alpha value is -3.71. The molecule has 8 nitrogen and oxygen atoms in total. The molecule has 0 saturated carbocycles. The molecule has 180 valence electrons. The molecule has 0 unspecified atom stereocenters. The van der Waals surface area contributed by atoms with E-state index in [0.29, 0.717) is 49.1 Å². The highest BCUT2D eigenvalue weighted by Gasteiger charge is 2.26. The van der Waals surface area contributed by atoms with Crippen LogP contribution in [0.1, 0.15) is 18.2 Å². The normalized spacial score (nSPS) is 14.9. The Kier molecular flexibility index (Phi) is 7.46. The number of aryl methyl sites for hydroxylation is 1. The number of morpholine rings is 1. The highest BCUT2D eigenvalue weighted by Crippen LogP contribution is 2.26. The van der Waals surface area contributed by atoms with Crippen molar-refractivity contribution in [3.8, 4) is 17.4 Å². The van der Waals surface area contributed by atoms with Crippen LogP contribution in [0.4, 0.5) is 5.69 Å². The number of rotatable bonds is 7. The minimum atomic E-state index is -3.58. The van der Waals surface area contributed by atoms with Gasteiger partial charge in [-0.1, -0.05) is 19.1 Å². The number of hydrogen-bond donors (Lipinski definition) is 1. The van der Waals surface area contributed by atoms with Gasteiger partial charge in [-0.3, -0.25) is 4.79 Å². The predicted molar refractivity (Wildman–Crippen MR) is 132 cm³/mol. The van der Waals surface area contributed by atoms with Gasteiger partial charge in [-0.05, 0) is 60.5 Å². The van der Waals surface area contributed by atoms with E-state index >= 15 is 0 Å². The molecule has 0 spiro atoms. The number of ether oxygens (including phenoxy) is 1. The number of amides is 1. The van der Waals surface area contributed by atoms with Crippen LogP contribution in [0, 0.1) is 11.3 Å². The van der Waals surface area contributed by atoms with Crippen molar-refractivity contribution in [2.24, 2.45) is 0 Å². The first-order valence-electron chi connectivity index (χ1n) is 11.2. The van der Waals surface area contributed by atoms with Crippen molar-refractivity contribution in [2.75, 3.05) is 31.6 Å². The monoisotopic (exact) mass is 491 g/mol. The number of nitrogens with one attached hydrogen (secondary N) is 1. The second kappa shape index (κ2) is 10.7. The fourth-order valence-electron chi connectivity index (χ4n) is 3.63. The van der Waals surface area contributed by atoms with Gasteiger partial charge in [0.2, 0.25) is 10.0 Å². The van der Waals surface area contributed by atoms with Gasteiger partial charge < -0.3 is 14.5 Å². The van der Waals surface area contributed by atoms with Crippen LogP contribution in [0.15, 0.2) is 75.5 Å². The highest BCUT2D eigenvalue weighted by atomic mass is 32.2. The van der Waals surface area contributed by atoms with Crippen LogP contribution in [0.25, 0.3) is 17.4 Å². The van der Waals surface area contributed by atoms with Gasteiger partial charge in [0, 0.05) is 30.4 Å². The van der Waals surface area contributed by atoms with Crippen LogP contribution in [-0.4, -0.2) is 44.9 Å². The average Bonchev–Trinajstić information content (AvgIpc) is 3.37. The second-order valence-corrected chi connectivity index (χ2v) is 9.86. The molecule has 0 bridgehead atoms. The maximum atomic E-state index is 12.8. The summed E-state index contributed by atoms with van der Waals surface area (Å²) in [5, 5.41) is 12.2. The predicted octanol–water partition coefficient (Wildman–Crippen LogP) is 4.08. The van der Waals surface area contributed by atoms with E-state index in [2.05, 4.69) is 5.32 Å². The topological polar surface area (TPSA) is 113 Å². The molecule has 0 radical (unpaired) electrons. The Morgan fingerprint density at radius 1 is 1.06 bits per heavy atom. The first-order chi connectivity index (χ1) is 16.9. The molecule has 1 fully saturated rings. The lowest BCUT2D eigenvalue weighted by atomic mass is 10.1. The van der Waals surface area contributed by atoms with E-state index in [0.717, 1.165) is 12.0 Å².